The third-order valence-electron chi connectivity index (χ3n) is 2.22. The lowest BCUT2D eigenvalue weighted by molar-refractivity contribution is -0.118. The highest BCUT2D eigenvalue weighted by Gasteiger charge is 2.09. The van der Waals surface area contributed by atoms with Gasteiger partial charge in [-0.2, -0.15) is 0 Å². The molecule has 2 nitrogen and oxygen atoms in total. The van der Waals surface area contributed by atoms with Crippen LogP contribution in [0.2, 0.25) is 0 Å². The Hall–Kier alpha value is -1.15. The Balaban J connectivity index is 2.74. The van der Waals surface area contributed by atoms with Gasteiger partial charge in [0.15, 0.2) is 0 Å². The van der Waals surface area contributed by atoms with Crippen LogP contribution < -0.4 is 5.73 Å². The van der Waals surface area contributed by atoms with Gasteiger partial charge in [-0.1, -0.05) is 24.3 Å². The fourth-order valence-corrected chi connectivity index (χ4v) is 1.22. The van der Waals surface area contributed by atoms with E-state index in [0.717, 1.165) is 5.56 Å². The predicted octanol–water partition coefficient (Wildman–Crippen LogP) is 1.45. The summed E-state index contributed by atoms with van der Waals surface area (Å²) >= 11 is 0. The van der Waals surface area contributed by atoms with Crippen molar-refractivity contribution in [3.05, 3.63) is 35.4 Å². The Morgan fingerprint density at radius 3 is 2.62 bits per heavy atom. The number of carbonyl (C=O) groups is 1. The molecule has 13 heavy (non-hydrogen) atoms. The maximum atomic E-state index is 10.9. The molecule has 2 N–H and O–H groups in total. The molecule has 0 fully saturated rings. The Labute approximate surface area is 78.8 Å². The van der Waals surface area contributed by atoms with E-state index in [0.29, 0.717) is 6.42 Å². The lowest BCUT2D eigenvalue weighted by atomic mass is 10.00. The second-order valence-electron chi connectivity index (χ2n) is 3.35. The van der Waals surface area contributed by atoms with Crippen LogP contribution in [0.25, 0.3) is 0 Å². The highest BCUT2D eigenvalue weighted by Crippen LogP contribution is 2.09. The van der Waals surface area contributed by atoms with E-state index >= 15 is 0 Å². The molecule has 1 unspecified atom stereocenters. The summed E-state index contributed by atoms with van der Waals surface area (Å²) in [7, 11) is 0. The number of carbonyl (C=O) groups excluding carboxylic acids is 1. The van der Waals surface area contributed by atoms with E-state index in [1.165, 1.54) is 12.5 Å². The molecule has 0 aliphatic rings. The molecular formula is C11H15NO. The minimum atomic E-state index is -0.360. The molecule has 0 heterocycles. The van der Waals surface area contributed by atoms with Crippen LogP contribution in [0.4, 0.5) is 0 Å². The topological polar surface area (TPSA) is 43.1 Å². The van der Waals surface area contributed by atoms with Crippen LogP contribution in [0.1, 0.15) is 18.1 Å². The number of aryl methyl sites for hydroxylation is 1. The monoisotopic (exact) mass is 177 g/mol. The standard InChI is InChI=1S/C11H15NO/c1-8-5-3-4-6-10(8)7-11(12)9(2)13/h3-6,11H,7,12H2,1-2H3. The zero-order valence-corrected chi connectivity index (χ0v) is 8.08. The molecule has 0 amide bonds. The van der Waals surface area contributed by atoms with Crippen LogP contribution in [0.15, 0.2) is 24.3 Å². The third-order valence-corrected chi connectivity index (χ3v) is 2.22. The van der Waals surface area contributed by atoms with E-state index in [-0.39, 0.29) is 11.8 Å². The third kappa shape index (κ3) is 2.67. The molecule has 1 atom stereocenters. The zero-order valence-electron chi connectivity index (χ0n) is 8.08. The summed E-state index contributed by atoms with van der Waals surface area (Å²) in [5, 5.41) is 0. The van der Waals surface area contributed by atoms with E-state index in [1.54, 1.807) is 0 Å². The van der Waals surface area contributed by atoms with Crippen molar-refractivity contribution in [1.29, 1.82) is 0 Å². The molecule has 70 valence electrons. The molecule has 0 saturated carbocycles. The molecule has 1 aromatic carbocycles. The predicted molar refractivity (Wildman–Crippen MR) is 53.5 cm³/mol. The van der Waals surface area contributed by atoms with Crippen molar-refractivity contribution < 1.29 is 4.79 Å². The van der Waals surface area contributed by atoms with Crippen LogP contribution in [0.3, 0.4) is 0 Å². The van der Waals surface area contributed by atoms with E-state index < -0.39 is 0 Å². The highest BCUT2D eigenvalue weighted by molar-refractivity contribution is 5.81. The van der Waals surface area contributed by atoms with Crippen molar-refractivity contribution in [2.75, 3.05) is 0 Å². The first-order valence-electron chi connectivity index (χ1n) is 4.42. The van der Waals surface area contributed by atoms with Gasteiger partial charge in [0.1, 0.15) is 5.78 Å². The first-order chi connectivity index (χ1) is 6.11. The number of rotatable bonds is 3. The van der Waals surface area contributed by atoms with E-state index in [4.69, 9.17) is 5.73 Å². The normalized spacial score (nSPS) is 12.5. The molecular weight excluding hydrogens is 162 g/mol. The van der Waals surface area contributed by atoms with E-state index in [1.807, 2.05) is 31.2 Å². The number of hydrogen-bond acceptors (Lipinski definition) is 2. The lowest BCUT2D eigenvalue weighted by Gasteiger charge is -2.09. The van der Waals surface area contributed by atoms with Gasteiger partial charge in [0.2, 0.25) is 0 Å². The van der Waals surface area contributed by atoms with Gasteiger partial charge in [0.05, 0.1) is 6.04 Å². The van der Waals surface area contributed by atoms with E-state index in [2.05, 4.69) is 0 Å². The number of benzene rings is 1. The molecule has 1 aromatic rings. The van der Waals surface area contributed by atoms with Crippen molar-refractivity contribution in [3.8, 4) is 0 Å². The van der Waals surface area contributed by atoms with E-state index in [9.17, 15) is 4.79 Å². The largest absolute Gasteiger partial charge is 0.321 e. The molecule has 0 aliphatic carbocycles. The quantitative estimate of drug-likeness (QED) is 0.759. The Bertz CT molecular complexity index is 307. The fourth-order valence-electron chi connectivity index (χ4n) is 1.22. The first-order valence-corrected chi connectivity index (χ1v) is 4.42. The number of Topliss-reactive ketones (excluding diaryl/α,β-unsaturated/α-hetero) is 1. The van der Waals surface area contributed by atoms with Crippen molar-refractivity contribution in [1.82, 2.24) is 0 Å². The van der Waals surface area contributed by atoms with Gasteiger partial charge in [0.25, 0.3) is 0 Å². The van der Waals surface area contributed by atoms with Crippen LogP contribution in [-0.2, 0) is 11.2 Å². The molecule has 0 saturated heterocycles. The minimum absolute atomic E-state index is 0.0447. The van der Waals surface area contributed by atoms with Crippen LogP contribution in [0.5, 0.6) is 0 Å². The van der Waals surface area contributed by atoms with Crippen molar-refractivity contribution in [3.63, 3.8) is 0 Å². The Morgan fingerprint density at radius 1 is 1.46 bits per heavy atom. The molecule has 1 rings (SSSR count). The van der Waals surface area contributed by atoms with Gasteiger partial charge in [-0.15, -0.1) is 0 Å². The number of ketones is 1. The second kappa shape index (κ2) is 4.19. The maximum Gasteiger partial charge on any atom is 0.146 e. The van der Waals surface area contributed by atoms with Gasteiger partial charge >= 0.3 is 0 Å². The highest BCUT2D eigenvalue weighted by atomic mass is 16.1. The summed E-state index contributed by atoms with van der Waals surface area (Å²) in [6, 6.07) is 7.63. The molecule has 2 heteroatoms. The second-order valence-corrected chi connectivity index (χ2v) is 3.35. The lowest BCUT2D eigenvalue weighted by Crippen LogP contribution is -2.30. The SMILES string of the molecule is CC(=O)C(N)Cc1ccccc1C. The summed E-state index contributed by atoms with van der Waals surface area (Å²) in [4.78, 5) is 10.9. The van der Waals surface area contributed by atoms with Gasteiger partial charge in [-0.25, -0.2) is 0 Å². The van der Waals surface area contributed by atoms with Crippen molar-refractivity contribution in [2.24, 2.45) is 5.73 Å². The van der Waals surface area contributed by atoms with Crippen LogP contribution in [-0.4, -0.2) is 11.8 Å². The van der Waals surface area contributed by atoms with Crippen molar-refractivity contribution >= 4 is 5.78 Å². The summed E-state index contributed by atoms with van der Waals surface area (Å²) in [6.45, 7) is 3.56. The summed E-state index contributed by atoms with van der Waals surface area (Å²) in [6.07, 6.45) is 0.641. The maximum absolute atomic E-state index is 10.9. The van der Waals surface area contributed by atoms with Crippen LogP contribution in [0, 0.1) is 6.92 Å². The number of nitrogens with two attached hydrogens (primary N) is 1. The Kier molecular flexibility index (Phi) is 3.20. The van der Waals surface area contributed by atoms with Crippen molar-refractivity contribution in [2.45, 2.75) is 26.3 Å². The van der Waals surface area contributed by atoms with Gasteiger partial charge in [-0.3, -0.25) is 4.79 Å². The average Bonchev–Trinajstić information content (AvgIpc) is 2.08. The van der Waals surface area contributed by atoms with Crippen LogP contribution >= 0.6 is 0 Å². The summed E-state index contributed by atoms with van der Waals surface area (Å²) in [5.41, 5.74) is 8.02. The fraction of sp³-hybridized carbons (Fsp3) is 0.364. The van der Waals surface area contributed by atoms with Gasteiger partial charge < -0.3 is 5.73 Å². The zero-order chi connectivity index (χ0) is 9.84. The molecule has 0 spiro atoms. The first kappa shape index (κ1) is 9.93. The molecule has 0 bridgehead atoms. The molecule has 0 aliphatic heterocycles. The summed E-state index contributed by atoms with van der Waals surface area (Å²) < 4.78 is 0. The number of hydrogen-bond donors (Lipinski definition) is 1. The minimum Gasteiger partial charge on any atom is -0.321 e. The molecule has 0 aromatic heterocycles. The average molecular weight is 177 g/mol. The smallest absolute Gasteiger partial charge is 0.146 e. The Morgan fingerprint density at radius 2 is 2.08 bits per heavy atom. The molecule has 0 radical (unpaired) electrons. The summed E-state index contributed by atoms with van der Waals surface area (Å²) in [5.74, 6) is 0.0447. The van der Waals surface area contributed by atoms with Gasteiger partial charge in [-0.05, 0) is 31.4 Å². The van der Waals surface area contributed by atoms with Gasteiger partial charge in [0, 0.05) is 0 Å².